The first-order valence-corrected chi connectivity index (χ1v) is 12.8. The summed E-state index contributed by atoms with van der Waals surface area (Å²) in [5.41, 5.74) is 10.4. The molecule has 1 N–H and O–H groups in total. The summed E-state index contributed by atoms with van der Waals surface area (Å²) in [5.74, 6) is 0. The van der Waals surface area contributed by atoms with E-state index in [9.17, 15) is 0 Å². The minimum Gasteiger partial charge on any atom is -0.356 e. The number of benzene rings is 5. The third kappa shape index (κ3) is 4.00. The molecule has 180 valence electrons. The molecule has 0 spiro atoms. The number of nitrogens with one attached hydrogen (secondary N) is 1. The predicted octanol–water partition coefficient (Wildman–Crippen LogP) is 9.26. The number of fused-ring (bicyclic) bond motifs is 3. The first-order chi connectivity index (χ1) is 18.8. The Balaban J connectivity index is 1.18. The minimum atomic E-state index is 1.06. The van der Waals surface area contributed by atoms with E-state index in [1.807, 2.05) is 24.5 Å². The number of pyridine rings is 1. The smallest absolute Gasteiger partial charge is 0.0724 e. The molecular weight excluding hydrogens is 462 g/mol. The van der Waals surface area contributed by atoms with E-state index >= 15 is 0 Å². The van der Waals surface area contributed by atoms with Crippen molar-refractivity contribution in [2.75, 3.05) is 5.32 Å². The molecule has 0 aliphatic heterocycles. The van der Waals surface area contributed by atoms with Gasteiger partial charge in [0.25, 0.3) is 0 Å². The van der Waals surface area contributed by atoms with Crippen LogP contribution in [0.5, 0.6) is 0 Å². The van der Waals surface area contributed by atoms with Gasteiger partial charge >= 0.3 is 0 Å². The lowest BCUT2D eigenvalue weighted by Gasteiger charge is -2.10. The molecule has 0 radical (unpaired) electrons. The molecule has 38 heavy (non-hydrogen) atoms. The first kappa shape index (κ1) is 22.1. The van der Waals surface area contributed by atoms with Crippen molar-refractivity contribution in [3.63, 3.8) is 0 Å². The molecular formula is C35H25N3. The van der Waals surface area contributed by atoms with Crippen LogP contribution in [0.3, 0.4) is 0 Å². The van der Waals surface area contributed by atoms with Crippen LogP contribution in [0.4, 0.5) is 11.4 Å². The zero-order valence-corrected chi connectivity index (χ0v) is 20.8. The van der Waals surface area contributed by atoms with Gasteiger partial charge in [0.15, 0.2) is 0 Å². The van der Waals surface area contributed by atoms with E-state index in [1.54, 1.807) is 0 Å². The number of para-hydroxylation sites is 1. The zero-order chi connectivity index (χ0) is 25.3. The number of hydrogen-bond donors (Lipinski definition) is 1. The third-order valence-electron chi connectivity index (χ3n) is 7.08. The van der Waals surface area contributed by atoms with Crippen molar-refractivity contribution in [3.05, 3.63) is 146 Å². The predicted molar refractivity (Wildman–Crippen MR) is 159 cm³/mol. The summed E-state index contributed by atoms with van der Waals surface area (Å²) >= 11 is 0. The van der Waals surface area contributed by atoms with E-state index in [-0.39, 0.29) is 0 Å². The molecule has 0 unspecified atom stereocenters. The van der Waals surface area contributed by atoms with Crippen LogP contribution in [0, 0.1) is 0 Å². The van der Waals surface area contributed by atoms with Gasteiger partial charge in [0.1, 0.15) is 0 Å². The van der Waals surface area contributed by atoms with Crippen LogP contribution >= 0.6 is 0 Å². The molecule has 0 amide bonds. The number of hydrogen-bond acceptors (Lipinski definition) is 2. The number of nitrogens with zero attached hydrogens (tertiary/aromatic N) is 2. The van der Waals surface area contributed by atoms with Crippen molar-refractivity contribution in [1.82, 2.24) is 9.55 Å². The van der Waals surface area contributed by atoms with E-state index in [0.29, 0.717) is 0 Å². The fourth-order valence-electron chi connectivity index (χ4n) is 5.19. The molecule has 5 aromatic carbocycles. The van der Waals surface area contributed by atoms with E-state index in [2.05, 4.69) is 136 Å². The molecule has 0 saturated heterocycles. The Labute approximate surface area is 221 Å². The molecule has 0 saturated carbocycles. The van der Waals surface area contributed by atoms with E-state index < -0.39 is 0 Å². The summed E-state index contributed by atoms with van der Waals surface area (Å²) in [6.07, 6.45) is 3.82. The topological polar surface area (TPSA) is 29.9 Å². The number of rotatable bonds is 5. The Kier molecular flexibility index (Phi) is 5.45. The Hall–Kier alpha value is -5.15. The normalized spacial score (nSPS) is 11.2. The van der Waals surface area contributed by atoms with Gasteiger partial charge in [-0.3, -0.25) is 4.98 Å². The maximum atomic E-state index is 4.41. The lowest BCUT2D eigenvalue weighted by Crippen LogP contribution is -1.93. The summed E-state index contributed by atoms with van der Waals surface area (Å²) in [7, 11) is 0. The molecule has 0 bridgehead atoms. The highest BCUT2D eigenvalue weighted by atomic mass is 15.0. The molecule has 3 heteroatoms. The summed E-state index contributed by atoms with van der Waals surface area (Å²) in [5, 5.41) is 5.96. The van der Waals surface area contributed by atoms with Crippen molar-refractivity contribution >= 4 is 33.2 Å². The zero-order valence-electron chi connectivity index (χ0n) is 20.8. The average Bonchev–Trinajstić information content (AvgIpc) is 3.33. The quantitative estimate of drug-likeness (QED) is 0.262. The van der Waals surface area contributed by atoms with Gasteiger partial charge in [0.05, 0.1) is 17.2 Å². The average molecular weight is 488 g/mol. The fraction of sp³-hybridized carbons (Fsp3) is 0. The van der Waals surface area contributed by atoms with Gasteiger partial charge in [-0.05, 0) is 76.9 Å². The SMILES string of the molecule is c1ccc(-c2ccc(Nc3ccc(-c4ccc5c(c4)c4ccncc4n5-c4ccccc4)cc3)cc2)cc1. The number of anilines is 2. The molecule has 0 fully saturated rings. The standard InChI is InChI=1S/C35H25N3/c1-3-7-25(8-4-1)26-11-16-29(17-12-26)37-30-18-13-27(14-19-30)28-15-20-34-33(23-28)32-21-22-36-24-35(32)38(34)31-9-5-2-6-10-31/h1-24,37H. The fourth-order valence-corrected chi connectivity index (χ4v) is 5.19. The van der Waals surface area contributed by atoms with Gasteiger partial charge in [-0.15, -0.1) is 0 Å². The maximum Gasteiger partial charge on any atom is 0.0724 e. The summed E-state index contributed by atoms with van der Waals surface area (Å²) < 4.78 is 2.29. The van der Waals surface area contributed by atoms with Crippen molar-refractivity contribution in [2.24, 2.45) is 0 Å². The molecule has 0 aliphatic rings. The monoisotopic (exact) mass is 487 g/mol. The largest absolute Gasteiger partial charge is 0.356 e. The summed E-state index contributed by atoms with van der Waals surface area (Å²) in [6.45, 7) is 0. The van der Waals surface area contributed by atoms with Gasteiger partial charge in [-0.2, -0.15) is 0 Å². The lowest BCUT2D eigenvalue weighted by atomic mass is 10.0. The van der Waals surface area contributed by atoms with Crippen LogP contribution in [-0.2, 0) is 0 Å². The van der Waals surface area contributed by atoms with Gasteiger partial charge in [0.2, 0.25) is 0 Å². The molecule has 2 heterocycles. The van der Waals surface area contributed by atoms with Crippen LogP contribution in [-0.4, -0.2) is 9.55 Å². The van der Waals surface area contributed by atoms with Crippen molar-refractivity contribution in [1.29, 1.82) is 0 Å². The van der Waals surface area contributed by atoms with Crippen LogP contribution < -0.4 is 5.32 Å². The molecule has 2 aromatic heterocycles. The first-order valence-electron chi connectivity index (χ1n) is 12.8. The lowest BCUT2D eigenvalue weighted by molar-refractivity contribution is 1.17. The van der Waals surface area contributed by atoms with E-state index in [1.165, 1.54) is 38.5 Å². The number of aromatic nitrogens is 2. The highest BCUT2D eigenvalue weighted by Crippen LogP contribution is 2.35. The molecule has 0 aliphatic carbocycles. The van der Waals surface area contributed by atoms with Crippen LogP contribution in [0.15, 0.2) is 146 Å². The van der Waals surface area contributed by atoms with Gasteiger partial charge < -0.3 is 9.88 Å². The summed E-state index contributed by atoms with van der Waals surface area (Å²) in [6, 6.07) is 47.0. The molecule has 0 atom stereocenters. The second-order valence-electron chi connectivity index (χ2n) is 9.44. The highest BCUT2D eigenvalue weighted by molar-refractivity contribution is 6.10. The second-order valence-corrected chi connectivity index (χ2v) is 9.44. The van der Waals surface area contributed by atoms with Gasteiger partial charge in [-0.1, -0.05) is 78.9 Å². The van der Waals surface area contributed by atoms with E-state index in [0.717, 1.165) is 22.6 Å². The minimum absolute atomic E-state index is 1.06. The molecule has 3 nitrogen and oxygen atoms in total. The van der Waals surface area contributed by atoms with Gasteiger partial charge in [-0.25, -0.2) is 0 Å². The second kappa shape index (κ2) is 9.38. The van der Waals surface area contributed by atoms with Crippen molar-refractivity contribution in [2.45, 2.75) is 0 Å². The summed E-state index contributed by atoms with van der Waals surface area (Å²) in [4.78, 5) is 4.41. The Morgan fingerprint density at radius 1 is 0.474 bits per heavy atom. The van der Waals surface area contributed by atoms with Crippen molar-refractivity contribution < 1.29 is 0 Å². The van der Waals surface area contributed by atoms with Crippen molar-refractivity contribution in [3.8, 4) is 27.9 Å². The van der Waals surface area contributed by atoms with Crippen LogP contribution in [0.25, 0.3) is 49.7 Å². The maximum absolute atomic E-state index is 4.41. The van der Waals surface area contributed by atoms with Crippen LogP contribution in [0.1, 0.15) is 0 Å². The molecule has 7 aromatic rings. The third-order valence-corrected chi connectivity index (χ3v) is 7.08. The molecule has 7 rings (SSSR count). The van der Waals surface area contributed by atoms with Gasteiger partial charge in [0, 0.05) is 34.0 Å². The van der Waals surface area contributed by atoms with E-state index in [4.69, 9.17) is 0 Å². The highest BCUT2D eigenvalue weighted by Gasteiger charge is 2.13. The van der Waals surface area contributed by atoms with Crippen LogP contribution in [0.2, 0.25) is 0 Å². The Morgan fingerprint density at radius 2 is 1.05 bits per heavy atom. The Morgan fingerprint density at radius 3 is 1.74 bits per heavy atom. The Bertz CT molecular complexity index is 1850.